The van der Waals surface area contributed by atoms with E-state index in [2.05, 4.69) is 0 Å². The van der Waals surface area contributed by atoms with Gasteiger partial charge < -0.3 is 0 Å². The molecule has 3 aliphatic rings. The average molecular weight is 341 g/mol. The van der Waals surface area contributed by atoms with Crippen LogP contribution in [0.5, 0.6) is 0 Å². The van der Waals surface area contributed by atoms with Crippen molar-refractivity contribution in [2.24, 2.45) is 0 Å². The molecular weight excluding hydrogens is 332 g/mol. The normalized spacial score (nSPS) is 24.0. The van der Waals surface area contributed by atoms with Gasteiger partial charge >= 0.3 is 0 Å². The number of hydrogen-bond donors (Lipinski definition) is 0. The molecule has 0 unspecified atom stereocenters. The second-order valence-corrected chi connectivity index (χ2v) is 11.0. The molecule has 0 atom stereocenters. The van der Waals surface area contributed by atoms with Crippen LogP contribution in [0.2, 0.25) is 0 Å². The standard InChI is InChI=1S/C10H9FS6/c1-5(4-11)6-14-9-10(15-6)17-8(16-9)7-12-2-3-13-7/h2-4H2,1H3. The molecule has 0 bridgehead atoms. The highest BCUT2D eigenvalue weighted by Crippen LogP contribution is 2.69. The van der Waals surface area contributed by atoms with Crippen LogP contribution in [0.3, 0.4) is 0 Å². The maximum atomic E-state index is 12.6. The van der Waals surface area contributed by atoms with E-state index in [4.69, 9.17) is 0 Å². The first-order chi connectivity index (χ1) is 8.28. The van der Waals surface area contributed by atoms with Crippen LogP contribution >= 0.6 is 70.6 Å². The minimum Gasteiger partial charge on any atom is -0.246 e. The molecule has 0 amide bonds. The van der Waals surface area contributed by atoms with E-state index in [0.29, 0.717) is 0 Å². The molecular formula is C10H9FS6. The molecule has 3 heterocycles. The zero-order chi connectivity index (χ0) is 11.8. The molecule has 0 N–H and O–H groups in total. The molecule has 0 aromatic carbocycles. The predicted octanol–water partition coefficient (Wildman–Crippen LogP) is 5.88. The van der Waals surface area contributed by atoms with Crippen molar-refractivity contribution in [3.63, 3.8) is 0 Å². The lowest BCUT2D eigenvalue weighted by molar-refractivity contribution is 0.543. The molecule has 3 rings (SSSR count). The molecule has 1 fully saturated rings. The topological polar surface area (TPSA) is 0 Å². The summed E-state index contributed by atoms with van der Waals surface area (Å²) in [6.07, 6.45) is 0. The second-order valence-electron chi connectivity index (χ2n) is 3.46. The van der Waals surface area contributed by atoms with Crippen LogP contribution in [0.15, 0.2) is 26.8 Å². The minimum absolute atomic E-state index is 0.328. The SMILES string of the molecule is CC(CF)=C1SC2=C(S1)SC(=C1SCCS1)S2. The van der Waals surface area contributed by atoms with Crippen LogP contribution in [-0.2, 0) is 0 Å². The van der Waals surface area contributed by atoms with Crippen LogP contribution in [0.1, 0.15) is 6.92 Å². The van der Waals surface area contributed by atoms with Crippen molar-refractivity contribution in [2.45, 2.75) is 6.92 Å². The Bertz CT molecular complexity index is 420. The molecule has 0 aromatic heterocycles. The van der Waals surface area contributed by atoms with E-state index in [9.17, 15) is 4.39 Å². The zero-order valence-electron chi connectivity index (χ0n) is 8.95. The van der Waals surface area contributed by atoms with Gasteiger partial charge in [0.1, 0.15) is 6.67 Å². The van der Waals surface area contributed by atoms with Crippen molar-refractivity contribution in [1.82, 2.24) is 0 Å². The van der Waals surface area contributed by atoms with E-state index in [1.807, 2.05) is 54.0 Å². The Hall–Kier alpha value is 1.25. The summed E-state index contributed by atoms with van der Waals surface area (Å²) < 4.78 is 19.4. The van der Waals surface area contributed by atoms with Gasteiger partial charge in [0.15, 0.2) is 0 Å². The lowest BCUT2D eigenvalue weighted by Crippen LogP contribution is -1.80. The summed E-state index contributed by atoms with van der Waals surface area (Å²) in [5.74, 6) is 2.48. The molecule has 0 spiro atoms. The van der Waals surface area contributed by atoms with Gasteiger partial charge in [-0.1, -0.05) is 47.0 Å². The third kappa shape index (κ3) is 2.74. The molecule has 0 aromatic rings. The summed E-state index contributed by atoms with van der Waals surface area (Å²) in [5, 5.41) is 0. The highest BCUT2D eigenvalue weighted by Gasteiger charge is 2.33. The van der Waals surface area contributed by atoms with E-state index in [1.54, 1.807) is 23.5 Å². The third-order valence-electron chi connectivity index (χ3n) is 2.17. The van der Waals surface area contributed by atoms with Gasteiger partial charge in [-0.3, -0.25) is 0 Å². The fraction of sp³-hybridized carbons (Fsp3) is 0.400. The van der Waals surface area contributed by atoms with Gasteiger partial charge in [0.05, 0.1) is 21.2 Å². The first kappa shape index (κ1) is 13.2. The van der Waals surface area contributed by atoms with Gasteiger partial charge in [0.2, 0.25) is 0 Å². The fourth-order valence-electron chi connectivity index (χ4n) is 1.33. The Balaban J connectivity index is 1.73. The van der Waals surface area contributed by atoms with E-state index >= 15 is 0 Å². The third-order valence-corrected chi connectivity index (χ3v) is 11.3. The van der Waals surface area contributed by atoms with E-state index < -0.39 is 0 Å². The van der Waals surface area contributed by atoms with Gasteiger partial charge in [0.25, 0.3) is 0 Å². The molecule has 17 heavy (non-hydrogen) atoms. The fourth-order valence-corrected chi connectivity index (χ4v) is 10.6. The van der Waals surface area contributed by atoms with E-state index in [-0.39, 0.29) is 6.67 Å². The molecule has 0 radical (unpaired) electrons. The lowest BCUT2D eigenvalue weighted by Gasteiger charge is -2.06. The molecule has 0 saturated carbocycles. The Kier molecular flexibility index (Phi) is 4.45. The zero-order valence-corrected chi connectivity index (χ0v) is 13.8. The summed E-state index contributed by atoms with van der Waals surface area (Å²) in [4.78, 5) is 0. The van der Waals surface area contributed by atoms with Crippen molar-refractivity contribution < 1.29 is 4.39 Å². The predicted molar refractivity (Wildman–Crippen MR) is 88.0 cm³/mol. The highest BCUT2D eigenvalue weighted by molar-refractivity contribution is 8.48. The summed E-state index contributed by atoms with van der Waals surface area (Å²) in [5.41, 5.74) is 0.870. The molecule has 0 nitrogen and oxygen atoms in total. The Morgan fingerprint density at radius 2 is 1.47 bits per heavy atom. The minimum atomic E-state index is -0.328. The van der Waals surface area contributed by atoms with Crippen molar-refractivity contribution in [3.8, 4) is 0 Å². The molecule has 0 aliphatic carbocycles. The van der Waals surface area contributed by atoms with Gasteiger partial charge in [-0.2, -0.15) is 0 Å². The van der Waals surface area contributed by atoms with E-state index in [1.165, 1.54) is 28.5 Å². The Morgan fingerprint density at radius 1 is 0.941 bits per heavy atom. The number of rotatable bonds is 1. The van der Waals surface area contributed by atoms with Crippen molar-refractivity contribution in [3.05, 3.63) is 26.8 Å². The Labute approximate surface area is 126 Å². The summed E-state index contributed by atoms with van der Waals surface area (Å²) in [7, 11) is 0. The number of allylic oxidation sites excluding steroid dienone is 1. The van der Waals surface area contributed by atoms with E-state index in [0.717, 1.165) is 9.81 Å². The molecule has 92 valence electrons. The molecule has 1 saturated heterocycles. The van der Waals surface area contributed by atoms with Crippen molar-refractivity contribution in [2.75, 3.05) is 18.2 Å². The number of alkyl halides is 1. The molecule has 7 heteroatoms. The molecule has 3 aliphatic heterocycles. The quantitative estimate of drug-likeness (QED) is 0.580. The van der Waals surface area contributed by atoms with Crippen LogP contribution in [0, 0.1) is 0 Å². The monoisotopic (exact) mass is 340 g/mol. The maximum Gasteiger partial charge on any atom is 0.112 e. The van der Waals surface area contributed by atoms with Gasteiger partial charge in [-0.25, -0.2) is 4.39 Å². The second kappa shape index (κ2) is 5.71. The van der Waals surface area contributed by atoms with Gasteiger partial charge in [0, 0.05) is 11.5 Å². The summed E-state index contributed by atoms with van der Waals surface area (Å²) in [6.45, 7) is 1.56. The number of halogens is 1. The van der Waals surface area contributed by atoms with Gasteiger partial charge in [-0.05, 0) is 12.5 Å². The lowest BCUT2D eigenvalue weighted by atomic mass is 10.4. The highest BCUT2D eigenvalue weighted by atomic mass is 32.3. The van der Waals surface area contributed by atoms with Crippen LogP contribution in [0.25, 0.3) is 0 Å². The first-order valence-electron chi connectivity index (χ1n) is 4.99. The smallest absolute Gasteiger partial charge is 0.112 e. The Morgan fingerprint density at radius 3 is 2.00 bits per heavy atom. The summed E-state index contributed by atoms with van der Waals surface area (Å²) in [6, 6.07) is 0. The average Bonchev–Trinajstić information content (AvgIpc) is 3.01. The van der Waals surface area contributed by atoms with Crippen molar-refractivity contribution >= 4 is 70.6 Å². The summed E-state index contributed by atoms with van der Waals surface area (Å²) >= 11 is 11.2. The van der Waals surface area contributed by atoms with Crippen LogP contribution < -0.4 is 0 Å². The van der Waals surface area contributed by atoms with Gasteiger partial charge in [-0.15, -0.1) is 23.5 Å². The first-order valence-corrected chi connectivity index (χ1v) is 10.2. The number of thioether (sulfide) groups is 6. The number of hydrogen-bond acceptors (Lipinski definition) is 6. The maximum absolute atomic E-state index is 12.6. The van der Waals surface area contributed by atoms with Crippen LogP contribution in [-0.4, -0.2) is 18.2 Å². The van der Waals surface area contributed by atoms with Crippen molar-refractivity contribution in [1.29, 1.82) is 0 Å². The van der Waals surface area contributed by atoms with Crippen LogP contribution in [0.4, 0.5) is 4.39 Å². The largest absolute Gasteiger partial charge is 0.246 e.